The van der Waals surface area contributed by atoms with E-state index in [0.29, 0.717) is 12.0 Å². The fourth-order valence-corrected chi connectivity index (χ4v) is 1.72. The molecule has 0 N–H and O–H groups in total. The van der Waals surface area contributed by atoms with Crippen LogP contribution in [-0.4, -0.2) is 10.5 Å². The van der Waals surface area contributed by atoms with Crippen molar-refractivity contribution in [2.75, 3.05) is 5.88 Å². The second kappa shape index (κ2) is 3.05. The first-order valence-electron chi connectivity index (χ1n) is 2.97. The fraction of sp³-hybridized carbons (Fsp3) is 0.429. The van der Waals surface area contributed by atoms with Crippen LogP contribution in [-0.2, 0) is 0 Å². The molecule has 0 bridgehead atoms. The van der Waals surface area contributed by atoms with E-state index in [1.807, 2.05) is 6.08 Å². The normalized spacial score (nSPS) is 32.1. The fourth-order valence-electron chi connectivity index (χ4n) is 0.796. The second-order valence-electron chi connectivity index (χ2n) is 2.16. The summed E-state index contributed by atoms with van der Waals surface area (Å²) < 4.78 is 11.8. The summed E-state index contributed by atoms with van der Waals surface area (Å²) in [4.78, 5) is 0. The number of alkyl halides is 3. The molecule has 56 valence electrons. The van der Waals surface area contributed by atoms with Crippen LogP contribution in [0, 0.1) is 0 Å². The summed E-state index contributed by atoms with van der Waals surface area (Å²) >= 11 is 8.44. The molecule has 0 fully saturated rings. The van der Waals surface area contributed by atoms with Gasteiger partial charge in [0.25, 0.3) is 0 Å². The van der Waals surface area contributed by atoms with Gasteiger partial charge >= 0.3 is 0 Å². The minimum Gasteiger partial charge on any atom is -0.226 e. The Kier molecular flexibility index (Phi) is 2.53. The van der Waals surface area contributed by atoms with Crippen molar-refractivity contribution in [1.82, 2.24) is 0 Å². The van der Waals surface area contributed by atoms with Crippen molar-refractivity contribution in [2.45, 2.75) is 11.0 Å². The molecule has 3 heteroatoms. The van der Waals surface area contributed by atoms with E-state index < -0.39 is 4.58 Å². The summed E-state index contributed by atoms with van der Waals surface area (Å²) in [5.41, 5.74) is 0.594. The van der Waals surface area contributed by atoms with Gasteiger partial charge in [0.2, 0.25) is 0 Å². The predicted octanol–water partition coefficient (Wildman–Crippen LogP) is 3.17. The number of hydrogen-bond acceptors (Lipinski definition) is 0. The lowest BCUT2D eigenvalue weighted by Crippen LogP contribution is -2.18. The molecule has 1 aliphatic carbocycles. The Morgan fingerprint density at radius 3 is 2.90 bits per heavy atom. The molecular formula is C7H7BrClF. The molecule has 0 saturated heterocycles. The molecule has 1 rings (SSSR count). The smallest absolute Gasteiger partial charge is 0.191 e. The minimum atomic E-state index is -1.40. The molecule has 0 aromatic carbocycles. The molecular weight excluding hydrogens is 218 g/mol. The average Bonchev–Trinajstić information content (AvgIpc) is 1.87. The number of rotatable bonds is 1. The molecule has 0 aliphatic heterocycles. The van der Waals surface area contributed by atoms with E-state index in [4.69, 9.17) is 11.6 Å². The highest BCUT2D eigenvalue weighted by molar-refractivity contribution is 9.10. The molecule has 0 saturated carbocycles. The Morgan fingerprint density at radius 1 is 1.80 bits per heavy atom. The quantitative estimate of drug-likeness (QED) is 0.601. The van der Waals surface area contributed by atoms with Gasteiger partial charge in [0, 0.05) is 12.3 Å². The van der Waals surface area contributed by atoms with Gasteiger partial charge in [0.15, 0.2) is 4.58 Å². The average molecular weight is 225 g/mol. The summed E-state index contributed by atoms with van der Waals surface area (Å²) in [5, 5.41) is 0. The van der Waals surface area contributed by atoms with Crippen molar-refractivity contribution >= 4 is 27.5 Å². The highest BCUT2D eigenvalue weighted by Crippen LogP contribution is 2.36. The first-order valence-corrected chi connectivity index (χ1v) is 4.29. The summed E-state index contributed by atoms with van der Waals surface area (Å²) in [6, 6.07) is 0. The molecule has 10 heavy (non-hydrogen) atoms. The summed E-state index contributed by atoms with van der Waals surface area (Å²) in [7, 11) is 0. The first kappa shape index (κ1) is 8.28. The number of halogens is 3. The minimum absolute atomic E-state index is 0.242. The largest absolute Gasteiger partial charge is 0.226 e. The molecule has 0 aromatic heterocycles. The monoisotopic (exact) mass is 224 g/mol. The van der Waals surface area contributed by atoms with Gasteiger partial charge in [-0.25, -0.2) is 4.39 Å². The van der Waals surface area contributed by atoms with Crippen LogP contribution in [0.15, 0.2) is 23.8 Å². The van der Waals surface area contributed by atoms with E-state index >= 15 is 0 Å². The molecule has 0 radical (unpaired) electrons. The molecule has 1 aliphatic rings. The topological polar surface area (TPSA) is 0 Å². The van der Waals surface area contributed by atoms with Crippen LogP contribution in [0.25, 0.3) is 0 Å². The highest BCUT2D eigenvalue weighted by atomic mass is 79.9. The number of hydrogen-bond donors (Lipinski definition) is 0. The van der Waals surface area contributed by atoms with E-state index in [1.54, 1.807) is 12.2 Å². The Morgan fingerprint density at radius 2 is 2.50 bits per heavy atom. The Hall–Kier alpha value is 0.180. The lowest BCUT2D eigenvalue weighted by molar-refractivity contribution is 0.349. The van der Waals surface area contributed by atoms with Gasteiger partial charge in [-0.05, 0) is 21.5 Å². The van der Waals surface area contributed by atoms with Gasteiger partial charge in [-0.2, -0.15) is 0 Å². The van der Waals surface area contributed by atoms with Crippen LogP contribution in [0.3, 0.4) is 0 Å². The standard InChI is InChI=1S/C7H7BrClF/c8-7(10)4-2-1-3-6(7)5-9/h1-3H,4-5H2/t7-/m1/s1. The van der Waals surface area contributed by atoms with Crippen LogP contribution in [0.4, 0.5) is 4.39 Å². The van der Waals surface area contributed by atoms with Gasteiger partial charge in [-0.15, -0.1) is 11.6 Å². The lowest BCUT2D eigenvalue weighted by Gasteiger charge is -2.20. The van der Waals surface area contributed by atoms with Crippen molar-refractivity contribution in [3.05, 3.63) is 23.8 Å². The first-order chi connectivity index (χ1) is 4.67. The molecule has 0 spiro atoms. The summed E-state index contributed by atoms with van der Waals surface area (Å²) in [6.45, 7) is 0. The molecule has 0 unspecified atom stereocenters. The van der Waals surface area contributed by atoms with Gasteiger partial charge in [0.1, 0.15) is 0 Å². The third kappa shape index (κ3) is 1.61. The van der Waals surface area contributed by atoms with E-state index in [-0.39, 0.29) is 5.88 Å². The zero-order valence-electron chi connectivity index (χ0n) is 5.28. The summed E-state index contributed by atoms with van der Waals surface area (Å²) in [5.74, 6) is 0.242. The van der Waals surface area contributed by atoms with E-state index in [9.17, 15) is 4.39 Å². The maximum atomic E-state index is 13.2. The Labute approximate surface area is 72.9 Å². The van der Waals surface area contributed by atoms with E-state index in [0.717, 1.165) is 0 Å². The van der Waals surface area contributed by atoms with Crippen LogP contribution in [0.2, 0.25) is 0 Å². The number of allylic oxidation sites excluding steroid dienone is 4. The molecule has 1 atom stereocenters. The molecule has 0 aromatic rings. The van der Waals surface area contributed by atoms with E-state index in [2.05, 4.69) is 15.9 Å². The van der Waals surface area contributed by atoms with Crippen LogP contribution in [0.5, 0.6) is 0 Å². The van der Waals surface area contributed by atoms with Crippen LogP contribution >= 0.6 is 27.5 Å². The third-order valence-corrected chi connectivity index (χ3v) is 2.54. The lowest BCUT2D eigenvalue weighted by atomic mass is 10.1. The second-order valence-corrected chi connectivity index (χ2v) is 3.69. The van der Waals surface area contributed by atoms with Crippen molar-refractivity contribution in [1.29, 1.82) is 0 Å². The Bertz CT molecular complexity index is 184. The van der Waals surface area contributed by atoms with Gasteiger partial charge in [-0.1, -0.05) is 18.2 Å². The van der Waals surface area contributed by atoms with Crippen molar-refractivity contribution < 1.29 is 4.39 Å². The van der Waals surface area contributed by atoms with E-state index in [1.165, 1.54) is 0 Å². The van der Waals surface area contributed by atoms with Gasteiger partial charge in [-0.3, -0.25) is 0 Å². The zero-order chi connectivity index (χ0) is 7.61. The third-order valence-electron chi connectivity index (χ3n) is 1.42. The SMILES string of the molecule is F[C@]1(Br)CC=CC=C1CCl. The molecule has 0 heterocycles. The van der Waals surface area contributed by atoms with Gasteiger partial charge < -0.3 is 0 Å². The summed E-state index contributed by atoms with van der Waals surface area (Å²) in [6.07, 6.45) is 5.65. The maximum Gasteiger partial charge on any atom is 0.191 e. The van der Waals surface area contributed by atoms with Crippen molar-refractivity contribution in [2.24, 2.45) is 0 Å². The predicted molar refractivity (Wildman–Crippen MR) is 45.3 cm³/mol. The molecule has 0 amide bonds. The van der Waals surface area contributed by atoms with Crippen molar-refractivity contribution in [3.8, 4) is 0 Å². The maximum absolute atomic E-state index is 13.2. The zero-order valence-corrected chi connectivity index (χ0v) is 7.62. The van der Waals surface area contributed by atoms with Gasteiger partial charge in [0.05, 0.1) is 0 Å². The van der Waals surface area contributed by atoms with Crippen LogP contribution < -0.4 is 0 Å². The van der Waals surface area contributed by atoms with Crippen molar-refractivity contribution in [3.63, 3.8) is 0 Å². The van der Waals surface area contributed by atoms with Crippen LogP contribution in [0.1, 0.15) is 6.42 Å². The Balaban J connectivity index is 2.81. The molecule has 0 nitrogen and oxygen atoms in total. The highest BCUT2D eigenvalue weighted by Gasteiger charge is 2.29.